The molecule has 130 valence electrons. The molecule has 1 saturated heterocycles. The number of aliphatic imine (C=N–C) groups is 1. The van der Waals surface area contributed by atoms with E-state index in [1.165, 1.54) is 25.7 Å². The van der Waals surface area contributed by atoms with Crippen molar-refractivity contribution in [1.29, 1.82) is 0 Å². The van der Waals surface area contributed by atoms with Gasteiger partial charge in [-0.2, -0.15) is 0 Å². The standard InChI is InChI=1S/C18H24ClN3OS/c1-22-16(12-24-18(22)21-15-4-2-3-5-15)10-17(23)20-11-13-6-8-14(19)9-7-13/h6-9,15-16H,2-5,10-12H2,1H3,(H,20,23). The van der Waals surface area contributed by atoms with Crippen LogP contribution in [0.2, 0.25) is 5.02 Å². The highest BCUT2D eigenvalue weighted by molar-refractivity contribution is 8.14. The van der Waals surface area contributed by atoms with Crippen LogP contribution in [-0.4, -0.2) is 40.9 Å². The second-order valence-electron chi connectivity index (χ2n) is 6.53. The molecule has 1 unspecified atom stereocenters. The SMILES string of the molecule is CN1C(=NC2CCCC2)SCC1CC(=O)NCc1ccc(Cl)cc1. The van der Waals surface area contributed by atoms with Crippen LogP contribution in [0.1, 0.15) is 37.7 Å². The molecule has 1 N–H and O–H groups in total. The molecule has 4 nitrogen and oxygen atoms in total. The second kappa shape index (κ2) is 8.26. The highest BCUT2D eigenvalue weighted by atomic mass is 35.5. The van der Waals surface area contributed by atoms with Gasteiger partial charge in [0.1, 0.15) is 0 Å². The third-order valence-electron chi connectivity index (χ3n) is 4.70. The van der Waals surface area contributed by atoms with Crippen molar-refractivity contribution in [1.82, 2.24) is 10.2 Å². The zero-order valence-electron chi connectivity index (χ0n) is 14.0. The molecule has 0 radical (unpaired) electrons. The Morgan fingerprint density at radius 1 is 1.33 bits per heavy atom. The summed E-state index contributed by atoms with van der Waals surface area (Å²) in [6, 6.07) is 8.29. The molecule has 1 saturated carbocycles. The predicted molar refractivity (Wildman–Crippen MR) is 102 cm³/mol. The smallest absolute Gasteiger partial charge is 0.222 e. The monoisotopic (exact) mass is 365 g/mol. The van der Waals surface area contributed by atoms with Crippen molar-refractivity contribution in [2.45, 2.75) is 50.7 Å². The van der Waals surface area contributed by atoms with E-state index in [1.54, 1.807) is 11.8 Å². The Morgan fingerprint density at radius 2 is 2.04 bits per heavy atom. The summed E-state index contributed by atoms with van der Waals surface area (Å²) < 4.78 is 0. The van der Waals surface area contributed by atoms with Crippen LogP contribution in [0.15, 0.2) is 29.3 Å². The molecular weight excluding hydrogens is 342 g/mol. The summed E-state index contributed by atoms with van der Waals surface area (Å²) in [7, 11) is 2.06. The molecule has 24 heavy (non-hydrogen) atoms. The predicted octanol–water partition coefficient (Wildman–Crippen LogP) is 3.69. The fourth-order valence-electron chi connectivity index (χ4n) is 3.14. The first kappa shape index (κ1) is 17.6. The number of hydrogen-bond acceptors (Lipinski definition) is 3. The van der Waals surface area contributed by atoms with Crippen molar-refractivity contribution in [3.05, 3.63) is 34.9 Å². The molecule has 1 aliphatic heterocycles. The topological polar surface area (TPSA) is 44.7 Å². The third kappa shape index (κ3) is 4.67. The van der Waals surface area contributed by atoms with Crippen molar-refractivity contribution in [2.75, 3.05) is 12.8 Å². The number of hydrogen-bond donors (Lipinski definition) is 1. The third-order valence-corrected chi connectivity index (χ3v) is 6.15. The Hall–Kier alpha value is -1.20. The lowest BCUT2D eigenvalue weighted by Crippen LogP contribution is -2.36. The van der Waals surface area contributed by atoms with E-state index in [9.17, 15) is 4.79 Å². The summed E-state index contributed by atoms with van der Waals surface area (Å²) in [4.78, 5) is 19.3. The van der Waals surface area contributed by atoms with Crippen LogP contribution >= 0.6 is 23.4 Å². The van der Waals surface area contributed by atoms with Gasteiger partial charge in [0, 0.05) is 36.8 Å². The van der Waals surface area contributed by atoms with Crippen molar-refractivity contribution < 1.29 is 4.79 Å². The maximum Gasteiger partial charge on any atom is 0.222 e. The van der Waals surface area contributed by atoms with Crippen LogP contribution in [0.25, 0.3) is 0 Å². The summed E-state index contributed by atoms with van der Waals surface area (Å²) >= 11 is 7.66. The van der Waals surface area contributed by atoms with Crippen LogP contribution in [0, 0.1) is 0 Å². The summed E-state index contributed by atoms with van der Waals surface area (Å²) in [6.07, 6.45) is 5.54. The lowest BCUT2D eigenvalue weighted by atomic mass is 10.2. The van der Waals surface area contributed by atoms with Gasteiger partial charge in [0.15, 0.2) is 5.17 Å². The Bertz CT molecular complexity index is 599. The molecule has 0 bridgehead atoms. The lowest BCUT2D eigenvalue weighted by Gasteiger charge is -2.21. The van der Waals surface area contributed by atoms with Crippen LogP contribution in [0.3, 0.4) is 0 Å². The van der Waals surface area contributed by atoms with Gasteiger partial charge in [-0.1, -0.05) is 48.3 Å². The average Bonchev–Trinajstić information content (AvgIpc) is 3.20. The largest absolute Gasteiger partial charge is 0.352 e. The van der Waals surface area contributed by atoms with Gasteiger partial charge in [-0.15, -0.1) is 0 Å². The van der Waals surface area contributed by atoms with Gasteiger partial charge in [0.25, 0.3) is 0 Å². The van der Waals surface area contributed by atoms with Crippen molar-refractivity contribution >= 4 is 34.4 Å². The number of thioether (sulfide) groups is 1. The Balaban J connectivity index is 1.47. The maximum atomic E-state index is 12.2. The number of nitrogens with one attached hydrogen (secondary N) is 1. The fraction of sp³-hybridized carbons (Fsp3) is 0.556. The van der Waals surface area contributed by atoms with E-state index >= 15 is 0 Å². The first-order valence-corrected chi connectivity index (χ1v) is 9.93. The van der Waals surface area contributed by atoms with Gasteiger partial charge in [0.05, 0.1) is 6.04 Å². The average molecular weight is 366 g/mol. The summed E-state index contributed by atoms with van der Waals surface area (Å²) in [6.45, 7) is 0.544. The van der Waals surface area contributed by atoms with Gasteiger partial charge in [-0.25, -0.2) is 0 Å². The first-order valence-electron chi connectivity index (χ1n) is 8.56. The quantitative estimate of drug-likeness (QED) is 0.865. The van der Waals surface area contributed by atoms with Crippen molar-refractivity contribution in [2.24, 2.45) is 4.99 Å². The highest BCUT2D eigenvalue weighted by Crippen LogP contribution is 2.28. The van der Waals surface area contributed by atoms with Crippen LogP contribution in [-0.2, 0) is 11.3 Å². The summed E-state index contributed by atoms with van der Waals surface area (Å²) in [5.74, 6) is 1.03. The molecule has 1 heterocycles. The number of carbonyl (C=O) groups is 1. The minimum Gasteiger partial charge on any atom is -0.352 e. The number of amidine groups is 1. The fourth-order valence-corrected chi connectivity index (χ4v) is 4.53. The molecule has 1 aromatic rings. The Kier molecular flexibility index (Phi) is 6.06. The lowest BCUT2D eigenvalue weighted by molar-refractivity contribution is -0.121. The van der Waals surface area contributed by atoms with Gasteiger partial charge < -0.3 is 10.2 Å². The number of rotatable bonds is 5. The van der Waals surface area contributed by atoms with E-state index in [0.717, 1.165) is 16.5 Å². The number of halogens is 1. The molecule has 1 atom stereocenters. The molecule has 1 aromatic carbocycles. The Morgan fingerprint density at radius 3 is 2.75 bits per heavy atom. The maximum absolute atomic E-state index is 12.2. The minimum atomic E-state index is 0.0875. The molecule has 2 aliphatic rings. The van der Waals surface area contributed by atoms with Gasteiger partial charge in [-0.3, -0.25) is 9.79 Å². The number of nitrogens with zero attached hydrogens (tertiary/aromatic N) is 2. The van der Waals surface area contributed by atoms with Gasteiger partial charge in [0.2, 0.25) is 5.91 Å². The molecule has 6 heteroatoms. The van der Waals surface area contributed by atoms with E-state index < -0.39 is 0 Å². The molecule has 0 spiro atoms. The van der Waals surface area contributed by atoms with Crippen LogP contribution in [0.4, 0.5) is 0 Å². The van der Waals surface area contributed by atoms with Crippen LogP contribution < -0.4 is 5.32 Å². The normalized spacial score (nSPS) is 23.2. The van der Waals surface area contributed by atoms with E-state index in [-0.39, 0.29) is 11.9 Å². The van der Waals surface area contributed by atoms with Crippen LogP contribution in [0.5, 0.6) is 0 Å². The second-order valence-corrected chi connectivity index (χ2v) is 7.96. The minimum absolute atomic E-state index is 0.0875. The summed E-state index contributed by atoms with van der Waals surface area (Å²) in [5, 5.41) is 4.82. The van der Waals surface area contributed by atoms with E-state index in [2.05, 4.69) is 17.3 Å². The molecule has 1 amide bonds. The molecule has 1 aliphatic carbocycles. The summed E-state index contributed by atoms with van der Waals surface area (Å²) in [5.41, 5.74) is 1.06. The molecule has 3 rings (SSSR count). The first-order chi connectivity index (χ1) is 11.6. The van der Waals surface area contributed by atoms with Gasteiger partial charge >= 0.3 is 0 Å². The molecule has 0 aromatic heterocycles. The van der Waals surface area contributed by atoms with Crippen molar-refractivity contribution in [3.8, 4) is 0 Å². The van der Waals surface area contributed by atoms with E-state index in [0.29, 0.717) is 24.0 Å². The number of benzene rings is 1. The Labute approximate surface area is 153 Å². The molecule has 2 fully saturated rings. The van der Waals surface area contributed by atoms with Gasteiger partial charge in [-0.05, 0) is 30.5 Å². The number of amides is 1. The van der Waals surface area contributed by atoms with E-state index in [1.807, 2.05) is 24.3 Å². The highest BCUT2D eigenvalue weighted by Gasteiger charge is 2.29. The zero-order valence-corrected chi connectivity index (χ0v) is 15.6. The van der Waals surface area contributed by atoms with Crippen molar-refractivity contribution in [3.63, 3.8) is 0 Å². The number of carbonyl (C=O) groups excluding carboxylic acids is 1. The zero-order chi connectivity index (χ0) is 16.9. The molecular formula is C18H24ClN3OS. The van der Waals surface area contributed by atoms with E-state index in [4.69, 9.17) is 16.6 Å².